The molecular weight excluding hydrogens is 286 g/mol. The summed E-state index contributed by atoms with van der Waals surface area (Å²) in [7, 11) is 0. The van der Waals surface area contributed by atoms with E-state index in [4.69, 9.17) is 4.74 Å². The average molecular weight is 305 g/mol. The van der Waals surface area contributed by atoms with E-state index in [2.05, 4.69) is 11.1 Å². The molecule has 3 nitrogen and oxygen atoms in total. The standard InChI is InChI=1S/C20H19NO2/c1-2-23-19(22)13-12-18-17-11-7-6-10-16(17)14-21-20(18)15-8-4-3-5-9-15/h3-11,14H,2,12-13H2,1H3. The minimum atomic E-state index is -0.167. The first kappa shape index (κ1) is 15.2. The Balaban J connectivity index is 2.05. The van der Waals surface area contributed by atoms with Gasteiger partial charge in [-0.25, -0.2) is 0 Å². The van der Waals surface area contributed by atoms with Crippen molar-refractivity contribution < 1.29 is 9.53 Å². The van der Waals surface area contributed by atoms with Gasteiger partial charge in [0.25, 0.3) is 0 Å². The third-order valence-corrected chi connectivity index (χ3v) is 3.84. The first-order valence-electron chi connectivity index (χ1n) is 7.87. The number of aryl methyl sites for hydroxylation is 1. The lowest BCUT2D eigenvalue weighted by Crippen LogP contribution is -2.06. The van der Waals surface area contributed by atoms with Crippen molar-refractivity contribution in [2.24, 2.45) is 0 Å². The van der Waals surface area contributed by atoms with Crippen molar-refractivity contribution in [3.63, 3.8) is 0 Å². The van der Waals surface area contributed by atoms with Crippen molar-refractivity contribution in [1.29, 1.82) is 0 Å². The van der Waals surface area contributed by atoms with Crippen LogP contribution in [0.15, 0.2) is 60.8 Å². The van der Waals surface area contributed by atoms with Crippen molar-refractivity contribution in [3.8, 4) is 11.3 Å². The molecule has 0 atom stereocenters. The van der Waals surface area contributed by atoms with Gasteiger partial charge < -0.3 is 4.74 Å². The lowest BCUT2D eigenvalue weighted by Gasteiger charge is -2.12. The quantitative estimate of drug-likeness (QED) is 0.656. The van der Waals surface area contributed by atoms with E-state index in [0.29, 0.717) is 19.4 Å². The highest BCUT2D eigenvalue weighted by molar-refractivity contribution is 5.90. The Hall–Kier alpha value is -2.68. The van der Waals surface area contributed by atoms with Crippen molar-refractivity contribution >= 4 is 16.7 Å². The van der Waals surface area contributed by atoms with Gasteiger partial charge in [0.15, 0.2) is 0 Å². The third kappa shape index (κ3) is 3.39. The number of hydrogen-bond acceptors (Lipinski definition) is 3. The van der Waals surface area contributed by atoms with E-state index in [1.807, 2.05) is 61.7 Å². The Kier molecular flexibility index (Phi) is 4.67. The summed E-state index contributed by atoms with van der Waals surface area (Å²) in [5, 5.41) is 2.23. The van der Waals surface area contributed by atoms with E-state index in [1.165, 1.54) is 0 Å². The van der Waals surface area contributed by atoms with E-state index in [9.17, 15) is 4.79 Å². The Labute approximate surface area is 135 Å². The summed E-state index contributed by atoms with van der Waals surface area (Å²) >= 11 is 0. The number of aromatic nitrogens is 1. The normalized spacial score (nSPS) is 10.7. The highest BCUT2D eigenvalue weighted by Crippen LogP contribution is 2.29. The second-order valence-corrected chi connectivity index (χ2v) is 5.34. The summed E-state index contributed by atoms with van der Waals surface area (Å²) < 4.78 is 5.06. The fourth-order valence-electron chi connectivity index (χ4n) is 2.78. The Morgan fingerprint density at radius 3 is 2.57 bits per heavy atom. The van der Waals surface area contributed by atoms with Crippen molar-refractivity contribution in [3.05, 3.63) is 66.4 Å². The summed E-state index contributed by atoms with van der Waals surface area (Å²) in [6.45, 7) is 2.24. The lowest BCUT2D eigenvalue weighted by atomic mass is 9.96. The van der Waals surface area contributed by atoms with Gasteiger partial charge in [-0.05, 0) is 24.3 Å². The zero-order valence-electron chi connectivity index (χ0n) is 13.2. The largest absolute Gasteiger partial charge is 0.466 e. The van der Waals surface area contributed by atoms with Crippen LogP contribution >= 0.6 is 0 Å². The van der Waals surface area contributed by atoms with Crippen LogP contribution in [0.1, 0.15) is 18.9 Å². The monoisotopic (exact) mass is 305 g/mol. The fourth-order valence-corrected chi connectivity index (χ4v) is 2.78. The highest BCUT2D eigenvalue weighted by Gasteiger charge is 2.13. The van der Waals surface area contributed by atoms with Crippen LogP contribution in [0, 0.1) is 0 Å². The summed E-state index contributed by atoms with van der Waals surface area (Å²) in [4.78, 5) is 16.4. The summed E-state index contributed by atoms with van der Waals surface area (Å²) in [5.74, 6) is -0.167. The van der Waals surface area contributed by atoms with Crippen LogP contribution in [0.4, 0.5) is 0 Å². The molecule has 0 unspecified atom stereocenters. The number of benzene rings is 2. The molecule has 0 amide bonds. The molecule has 3 rings (SSSR count). The van der Waals surface area contributed by atoms with E-state index in [1.54, 1.807) is 0 Å². The molecule has 0 saturated heterocycles. The van der Waals surface area contributed by atoms with Crippen LogP contribution in [0.5, 0.6) is 0 Å². The topological polar surface area (TPSA) is 39.2 Å². The molecule has 3 heteroatoms. The molecule has 0 bridgehead atoms. The van der Waals surface area contributed by atoms with Gasteiger partial charge >= 0.3 is 5.97 Å². The minimum absolute atomic E-state index is 0.167. The lowest BCUT2D eigenvalue weighted by molar-refractivity contribution is -0.143. The molecule has 0 aliphatic rings. The number of fused-ring (bicyclic) bond motifs is 1. The minimum Gasteiger partial charge on any atom is -0.466 e. The van der Waals surface area contributed by atoms with Crippen molar-refractivity contribution in [2.45, 2.75) is 19.8 Å². The molecule has 23 heavy (non-hydrogen) atoms. The molecule has 0 aliphatic heterocycles. The number of nitrogens with zero attached hydrogens (tertiary/aromatic N) is 1. The highest BCUT2D eigenvalue weighted by atomic mass is 16.5. The molecule has 116 valence electrons. The molecule has 0 spiro atoms. The van der Waals surface area contributed by atoms with Gasteiger partial charge in [0.05, 0.1) is 12.3 Å². The third-order valence-electron chi connectivity index (χ3n) is 3.84. The maximum Gasteiger partial charge on any atom is 0.306 e. The van der Waals surface area contributed by atoms with Crippen LogP contribution in [-0.4, -0.2) is 17.6 Å². The van der Waals surface area contributed by atoms with Crippen LogP contribution in [0.3, 0.4) is 0 Å². The number of hydrogen-bond donors (Lipinski definition) is 0. The SMILES string of the molecule is CCOC(=O)CCc1c(-c2ccccc2)ncc2ccccc12. The van der Waals surface area contributed by atoms with E-state index >= 15 is 0 Å². The van der Waals surface area contributed by atoms with Gasteiger partial charge in [0.1, 0.15) is 0 Å². The molecule has 0 radical (unpaired) electrons. The van der Waals surface area contributed by atoms with Gasteiger partial charge in [-0.2, -0.15) is 0 Å². The molecule has 0 fully saturated rings. The molecule has 0 saturated carbocycles. The van der Waals surface area contributed by atoms with Gasteiger partial charge in [-0.15, -0.1) is 0 Å². The zero-order chi connectivity index (χ0) is 16.1. The molecule has 0 N–H and O–H groups in total. The van der Waals surface area contributed by atoms with Gasteiger partial charge in [0, 0.05) is 23.6 Å². The van der Waals surface area contributed by atoms with Crippen molar-refractivity contribution in [1.82, 2.24) is 4.98 Å². The maximum absolute atomic E-state index is 11.8. The molecular formula is C20H19NO2. The van der Waals surface area contributed by atoms with Gasteiger partial charge in [-0.3, -0.25) is 9.78 Å². The first-order chi connectivity index (χ1) is 11.3. The van der Waals surface area contributed by atoms with Crippen molar-refractivity contribution in [2.75, 3.05) is 6.61 Å². The summed E-state index contributed by atoms with van der Waals surface area (Å²) in [6.07, 6.45) is 2.88. The zero-order valence-corrected chi connectivity index (χ0v) is 13.2. The van der Waals surface area contributed by atoms with Crippen LogP contribution in [0.25, 0.3) is 22.0 Å². The predicted molar refractivity (Wildman–Crippen MR) is 92.1 cm³/mol. The first-order valence-corrected chi connectivity index (χ1v) is 7.87. The number of ether oxygens (including phenoxy) is 1. The Morgan fingerprint density at radius 1 is 1.04 bits per heavy atom. The average Bonchev–Trinajstić information content (AvgIpc) is 2.60. The predicted octanol–water partition coefficient (Wildman–Crippen LogP) is 4.40. The van der Waals surface area contributed by atoms with Crippen LogP contribution in [-0.2, 0) is 16.0 Å². The molecule has 0 aliphatic carbocycles. The second-order valence-electron chi connectivity index (χ2n) is 5.34. The number of pyridine rings is 1. The van der Waals surface area contributed by atoms with E-state index < -0.39 is 0 Å². The number of rotatable bonds is 5. The molecule has 3 aromatic rings. The van der Waals surface area contributed by atoms with Crippen LogP contribution < -0.4 is 0 Å². The molecule has 1 heterocycles. The number of carbonyl (C=O) groups excluding carboxylic acids is 1. The van der Waals surface area contributed by atoms with Gasteiger partial charge in [0.2, 0.25) is 0 Å². The number of carbonyl (C=O) groups is 1. The second kappa shape index (κ2) is 7.05. The summed E-state index contributed by atoms with van der Waals surface area (Å²) in [6, 6.07) is 18.2. The summed E-state index contributed by atoms with van der Waals surface area (Å²) in [5.41, 5.74) is 3.10. The van der Waals surface area contributed by atoms with E-state index in [-0.39, 0.29) is 5.97 Å². The molecule has 1 aromatic heterocycles. The fraction of sp³-hybridized carbons (Fsp3) is 0.200. The van der Waals surface area contributed by atoms with E-state index in [0.717, 1.165) is 27.6 Å². The van der Waals surface area contributed by atoms with Gasteiger partial charge in [-0.1, -0.05) is 54.6 Å². The molecule has 2 aromatic carbocycles. The number of esters is 1. The Bertz CT molecular complexity index is 812. The maximum atomic E-state index is 11.8. The van der Waals surface area contributed by atoms with Crippen LogP contribution in [0.2, 0.25) is 0 Å². The Morgan fingerprint density at radius 2 is 1.78 bits per heavy atom. The smallest absolute Gasteiger partial charge is 0.306 e.